The van der Waals surface area contributed by atoms with E-state index in [1.54, 1.807) is 24.3 Å². The maximum atomic E-state index is 12.6. The molecule has 1 N–H and O–H groups in total. The van der Waals surface area contributed by atoms with Gasteiger partial charge in [0.15, 0.2) is 5.78 Å². The van der Waals surface area contributed by atoms with Crippen molar-refractivity contribution in [3.8, 4) is 5.75 Å². The van der Waals surface area contributed by atoms with E-state index in [4.69, 9.17) is 9.84 Å². The first-order chi connectivity index (χ1) is 10.1. The molecule has 4 nitrogen and oxygen atoms in total. The highest BCUT2D eigenvalue weighted by molar-refractivity contribution is 6.16. The molecule has 0 aliphatic carbocycles. The molecule has 1 heterocycles. The van der Waals surface area contributed by atoms with Crippen molar-refractivity contribution < 1.29 is 19.4 Å². The molecule has 1 aliphatic rings. The highest BCUT2D eigenvalue weighted by atomic mass is 16.5. The maximum Gasteiger partial charge on any atom is 0.335 e. The summed E-state index contributed by atoms with van der Waals surface area (Å²) in [7, 11) is 0. The van der Waals surface area contributed by atoms with E-state index in [2.05, 4.69) is 6.58 Å². The molecule has 104 valence electrons. The number of carbonyl (C=O) groups is 2. The molecule has 2 aromatic carbocycles. The lowest BCUT2D eigenvalue weighted by atomic mass is 9.96. The van der Waals surface area contributed by atoms with E-state index in [0.29, 0.717) is 29.0 Å². The topological polar surface area (TPSA) is 63.6 Å². The van der Waals surface area contributed by atoms with Crippen LogP contribution in [-0.2, 0) is 11.4 Å². The molecule has 0 amide bonds. The van der Waals surface area contributed by atoms with Gasteiger partial charge in [-0.3, -0.25) is 4.79 Å². The summed E-state index contributed by atoms with van der Waals surface area (Å²) in [6.07, 6.45) is 0. The molecule has 0 radical (unpaired) electrons. The summed E-state index contributed by atoms with van der Waals surface area (Å²) in [5, 5.41) is 9.00. The average Bonchev–Trinajstić information content (AvgIpc) is 2.64. The van der Waals surface area contributed by atoms with Crippen LogP contribution in [0.25, 0.3) is 5.57 Å². The van der Waals surface area contributed by atoms with Crippen LogP contribution in [0.1, 0.15) is 27.0 Å². The van der Waals surface area contributed by atoms with Gasteiger partial charge in [0.25, 0.3) is 0 Å². The van der Waals surface area contributed by atoms with Crippen LogP contribution in [0.5, 0.6) is 5.75 Å². The Hall–Kier alpha value is -2.88. The largest absolute Gasteiger partial charge is 0.488 e. The number of hydrogen-bond donors (Lipinski definition) is 1. The summed E-state index contributed by atoms with van der Waals surface area (Å²) in [5.41, 5.74) is 2.10. The number of ether oxygens (including phenoxy) is 1. The quantitative estimate of drug-likeness (QED) is 0.859. The summed E-state index contributed by atoms with van der Waals surface area (Å²) in [6, 6.07) is 12.0. The van der Waals surface area contributed by atoms with Crippen molar-refractivity contribution in [2.24, 2.45) is 0 Å². The summed E-state index contributed by atoms with van der Waals surface area (Å²) in [4.78, 5) is 23.6. The summed E-state index contributed by atoms with van der Waals surface area (Å²) in [5.74, 6) is -0.825. The van der Waals surface area contributed by atoms with Gasteiger partial charge in [-0.05, 0) is 17.7 Å². The number of rotatable bonds is 2. The van der Waals surface area contributed by atoms with Gasteiger partial charge in [-0.25, -0.2) is 4.79 Å². The lowest BCUT2D eigenvalue weighted by Crippen LogP contribution is -2.04. The minimum Gasteiger partial charge on any atom is -0.488 e. The number of hydrogen-bond acceptors (Lipinski definition) is 3. The Morgan fingerprint density at radius 1 is 1.14 bits per heavy atom. The molecular weight excluding hydrogens is 268 g/mol. The van der Waals surface area contributed by atoms with E-state index >= 15 is 0 Å². The van der Waals surface area contributed by atoms with Crippen molar-refractivity contribution in [2.45, 2.75) is 6.61 Å². The first kappa shape index (κ1) is 13.1. The highest BCUT2D eigenvalue weighted by Crippen LogP contribution is 2.30. The Morgan fingerprint density at radius 2 is 1.90 bits per heavy atom. The van der Waals surface area contributed by atoms with Crippen LogP contribution in [0, 0.1) is 0 Å². The lowest BCUT2D eigenvalue weighted by molar-refractivity contribution is -0.130. The molecule has 0 fully saturated rings. The van der Waals surface area contributed by atoms with Crippen LogP contribution in [0.2, 0.25) is 0 Å². The summed E-state index contributed by atoms with van der Waals surface area (Å²) in [6.45, 7) is 3.83. The first-order valence-electron chi connectivity index (χ1n) is 6.40. The third-order valence-corrected chi connectivity index (χ3v) is 3.48. The van der Waals surface area contributed by atoms with E-state index in [-0.39, 0.29) is 11.4 Å². The van der Waals surface area contributed by atoms with Gasteiger partial charge in [-0.15, -0.1) is 0 Å². The van der Waals surface area contributed by atoms with Crippen molar-refractivity contribution in [2.75, 3.05) is 0 Å². The predicted molar refractivity (Wildman–Crippen MR) is 77.3 cm³/mol. The van der Waals surface area contributed by atoms with E-state index < -0.39 is 5.97 Å². The van der Waals surface area contributed by atoms with E-state index in [9.17, 15) is 9.59 Å². The molecule has 1 aliphatic heterocycles. The molecule has 0 spiro atoms. The lowest BCUT2D eigenvalue weighted by Gasteiger charge is -2.08. The fourth-order valence-corrected chi connectivity index (χ4v) is 2.31. The molecule has 0 unspecified atom stereocenters. The predicted octanol–water partition coefficient (Wildman–Crippen LogP) is 2.91. The third-order valence-electron chi connectivity index (χ3n) is 3.48. The summed E-state index contributed by atoms with van der Waals surface area (Å²) >= 11 is 0. The van der Waals surface area contributed by atoms with Crippen LogP contribution in [0.4, 0.5) is 0 Å². The van der Waals surface area contributed by atoms with Crippen molar-refractivity contribution in [1.29, 1.82) is 0 Å². The zero-order valence-electron chi connectivity index (χ0n) is 11.1. The molecule has 2 aromatic rings. The van der Waals surface area contributed by atoms with Crippen LogP contribution >= 0.6 is 0 Å². The maximum absolute atomic E-state index is 12.6. The fourth-order valence-electron chi connectivity index (χ4n) is 2.31. The number of carboxylic acid groups (broad SMARTS) is 1. The number of benzene rings is 2. The Labute approximate surface area is 121 Å². The van der Waals surface area contributed by atoms with E-state index in [1.807, 2.05) is 12.1 Å². The SMILES string of the molecule is C=C(C(=O)O)c1ccc2c(c1)C(=O)c1ccccc1CO2. The monoisotopic (exact) mass is 280 g/mol. The van der Waals surface area contributed by atoms with Crippen molar-refractivity contribution in [3.63, 3.8) is 0 Å². The van der Waals surface area contributed by atoms with Crippen LogP contribution < -0.4 is 4.74 Å². The minimum absolute atomic E-state index is 0.0527. The molecule has 21 heavy (non-hydrogen) atoms. The van der Waals surface area contributed by atoms with Gasteiger partial charge in [0.05, 0.1) is 11.1 Å². The zero-order chi connectivity index (χ0) is 15.0. The van der Waals surface area contributed by atoms with Gasteiger partial charge in [0.2, 0.25) is 0 Å². The van der Waals surface area contributed by atoms with Crippen molar-refractivity contribution >= 4 is 17.3 Å². The number of carbonyl (C=O) groups excluding carboxylic acids is 1. The van der Waals surface area contributed by atoms with Crippen LogP contribution in [0.3, 0.4) is 0 Å². The second kappa shape index (κ2) is 4.90. The van der Waals surface area contributed by atoms with E-state index in [1.165, 1.54) is 6.07 Å². The smallest absolute Gasteiger partial charge is 0.335 e. The Bertz CT molecular complexity index is 774. The second-order valence-corrected chi connectivity index (χ2v) is 4.77. The van der Waals surface area contributed by atoms with Crippen LogP contribution in [0.15, 0.2) is 49.0 Å². The zero-order valence-corrected chi connectivity index (χ0v) is 11.1. The molecule has 0 atom stereocenters. The van der Waals surface area contributed by atoms with Gasteiger partial charge in [-0.2, -0.15) is 0 Å². The highest BCUT2D eigenvalue weighted by Gasteiger charge is 2.23. The Morgan fingerprint density at radius 3 is 2.67 bits per heavy atom. The van der Waals surface area contributed by atoms with Crippen LogP contribution in [-0.4, -0.2) is 16.9 Å². The first-order valence-corrected chi connectivity index (χ1v) is 6.40. The number of ketones is 1. The normalized spacial score (nSPS) is 12.7. The second-order valence-electron chi connectivity index (χ2n) is 4.77. The van der Waals surface area contributed by atoms with Gasteiger partial charge < -0.3 is 9.84 Å². The molecule has 0 aromatic heterocycles. The average molecular weight is 280 g/mol. The minimum atomic E-state index is -1.11. The molecule has 3 rings (SSSR count). The molecule has 0 saturated carbocycles. The number of aliphatic carboxylic acids is 1. The number of carboxylic acids is 1. The Balaban J connectivity index is 2.13. The molecule has 4 heteroatoms. The Kier molecular flexibility index (Phi) is 3.06. The molecular formula is C17H12O4. The summed E-state index contributed by atoms with van der Waals surface area (Å²) < 4.78 is 5.64. The van der Waals surface area contributed by atoms with Gasteiger partial charge >= 0.3 is 5.97 Å². The fraction of sp³-hybridized carbons (Fsp3) is 0.0588. The van der Waals surface area contributed by atoms with Crippen molar-refractivity contribution in [1.82, 2.24) is 0 Å². The van der Waals surface area contributed by atoms with Crippen molar-refractivity contribution in [3.05, 3.63) is 71.3 Å². The molecule has 0 bridgehead atoms. The standard InChI is InChI=1S/C17H12O4/c1-10(17(19)20)11-6-7-15-14(8-11)16(18)13-5-3-2-4-12(13)9-21-15/h2-8H,1,9H2,(H,19,20). The van der Waals surface area contributed by atoms with Gasteiger partial charge in [0, 0.05) is 11.1 Å². The van der Waals surface area contributed by atoms with Gasteiger partial charge in [-0.1, -0.05) is 36.9 Å². The number of fused-ring (bicyclic) bond motifs is 2. The van der Waals surface area contributed by atoms with E-state index in [0.717, 1.165) is 5.56 Å². The third kappa shape index (κ3) is 2.21. The van der Waals surface area contributed by atoms with Gasteiger partial charge in [0.1, 0.15) is 12.4 Å². The molecule has 0 saturated heterocycles.